The highest BCUT2D eigenvalue weighted by Crippen LogP contribution is 2.28. The number of phenols is 1. The van der Waals surface area contributed by atoms with E-state index in [9.17, 15) is 5.11 Å². The molecule has 2 aromatic rings. The van der Waals surface area contributed by atoms with Gasteiger partial charge in [-0.1, -0.05) is 30.3 Å². The summed E-state index contributed by atoms with van der Waals surface area (Å²) >= 11 is 0. The molecule has 1 atom stereocenters. The number of hydrogen-bond donors (Lipinski definition) is 1. The second-order valence-electron chi connectivity index (χ2n) is 4.92. The van der Waals surface area contributed by atoms with Crippen molar-refractivity contribution < 1.29 is 14.6 Å². The molecule has 1 aliphatic heterocycles. The molecular formula is C16H18O3. The fourth-order valence-electron chi connectivity index (χ4n) is 2.31. The van der Waals surface area contributed by atoms with Gasteiger partial charge in [-0.15, -0.1) is 0 Å². The standard InChI is InChI=1S/C16H18O3/c17-16-8-7-12(14-5-1-2-6-15(14)16)4-3-9-18-10-13-11-19-13/h1-2,5-8,13,17H,3-4,9-11H2. The van der Waals surface area contributed by atoms with Crippen molar-refractivity contribution in [2.24, 2.45) is 0 Å². The van der Waals surface area contributed by atoms with Gasteiger partial charge in [-0.3, -0.25) is 0 Å². The van der Waals surface area contributed by atoms with Gasteiger partial charge in [0.25, 0.3) is 0 Å². The molecule has 3 nitrogen and oxygen atoms in total. The van der Waals surface area contributed by atoms with E-state index in [0.717, 1.165) is 43.4 Å². The van der Waals surface area contributed by atoms with Crippen LogP contribution in [0.25, 0.3) is 10.8 Å². The molecule has 1 N–H and O–H groups in total. The number of rotatable bonds is 6. The van der Waals surface area contributed by atoms with Crippen molar-refractivity contribution in [1.82, 2.24) is 0 Å². The normalized spacial score (nSPS) is 17.8. The zero-order valence-corrected chi connectivity index (χ0v) is 10.8. The number of ether oxygens (including phenoxy) is 2. The minimum absolute atomic E-state index is 0.342. The second kappa shape index (κ2) is 5.59. The van der Waals surface area contributed by atoms with Crippen molar-refractivity contribution in [2.45, 2.75) is 18.9 Å². The number of phenolic OH excluding ortho intramolecular Hbond substituents is 1. The summed E-state index contributed by atoms with van der Waals surface area (Å²) in [7, 11) is 0. The molecule has 0 bridgehead atoms. The third kappa shape index (κ3) is 3.06. The fourth-order valence-corrected chi connectivity index (χ4v) is 2.31. The Hall–Kier alpha value is -1.58. The van der Waals surface area contributed by atoms with Gasteiger partial charge in [-0.25, -0.2) is 0 Å². The van der Waals surface area contributed by atoms with E-state index in [1.54, 1.807) is 6.07 Å². The van der Waals surface area contributed by atoms with Crippen molar-refractivity contribution >= 4 is 10.8 Å². The van der Waals surface area contributed by atoms with Gasteiger partial charge in [0.05, 0.1) is 13.2 Å². The van der Waals surface area contributed by atoms with E-state index in [-0.39, 0.29) is 0 Å². The number of epoxide rings is 1. The maximum absolute atomic E-state index is 9.83. The minimum atomic E-state index is 0.342. The molecule has 0 radical (unpaired) electrons. The first-order chi connectivity index (χ1) is 9.34. The highest BCUT2D eigenvalue weighted by molar-refractivity contribution is 5.90. The van der Waals surface area contributed by atoms with Crippen molar-refractivity contribution in [3.63, 3.8) is 0 Å². The molecule has 1 aliphatic rings. The topological polar surface area (TPSA) is 42.0 Å². The SMILES string of the molecule is Oc1ccc(CCCOCC2CO2)c2ccccc12. The van der Waals surface area contributed by atoms with Crippen molar-refractivity contribution in [3.05, 3.63) is 42.0 Å². The van der Waals surface area contributed by atoms with E-state index in [1.807, 2.05) is 24.3 Å². The van der Waals surface area contributed by atoms with Crippen LogP contribution in [-0.4, -0.2) is 31.0 Å². The predicted molar refractivity (Wildman–Crippen MR) is 74.5 cm³/mol. The number of hydrogen-bond acceptors (Lipinski definition) is 3. The lowest BCUT2D eigenvalue weighted by atomic mass is 10.0. The average molecular weight is 258 g/mol. The Morgan fingerprint density at radius 3 is 2.74 bits per heavy atom. The van der Waals surface area contributed by atoms with Crippen LogP contribution >= 0.6 is 0 Å². The molecule has 0 aromatic heterocycles. The number of aromatic hydroxyl groups is 1. The zero-order valence-electron chi connectivity index (χ0n) is 10.8. The first kappa shape index (κ1) is 12.5. The predicted octanol–water partition coefficient (Wildman–Crippen LogP) is 2.89. The summed E-state index contributed by atoms with van der Waals surface area (Å²) in [5.74, 6) is 0.349. The van der Waals surface area contributed by atoms with Gasteiger partial charge < -0.3 is 14.6 Å². The van der Waals surface area contributed by atoms with Gasteiger partial charge in [0.2, 0.25) is 0 Å². The first-order valence-electron chi connectivity index (χ1n) is 6.73. The maximum atomic E-state index is 9.83. The van der Waals surface area contributed by atoms with Gasteiger partial charge in [0.1, 0.15) is 11.9 Å². The molecular weight excluding hydrogens is 240 g/mol. The summed E-state index contributed by atoms with van der Waals surface area (Å²) in [5, 5.41) is 11.9. The second-order valence-corrected chi connectivity index (χ2v) is 4.92. The van der Waals surface area contributed by atoms with Crippen LogP contribution in [0.2, 0.25) is 0 Å². The van der Waals surface area contributed by atoms with Crippen molar-refractivity contribution in [1.29, 1.82) is 0 Å². The molecule has 3 rings (SSSR count). The van der Waals surface area contributed by atoms with Crippen LogP contribution in [-0.2, 0) is 15.9 Å². The zero-order chi connectivity index (χ0) is 13.1. The van der Waals surface area contributed by atoms with Gasteiger partial charge in [0, 0.05) is 12.0 Å². The molecule has 19 heavy (non-hydrogen) atoms. The maximum Gasteiger partial charge on any atom is 0.123 e. The fraction of sp³-hybridized carbons (Fsp3) is 0.375. The molecule has 0 spiro atoms. The number of aryl methyl sites for hydroxylation is 1. The van der Waals surface area contributed by atoms with Crippen LogP contribution in [0.1, 0.15) is 12.0 Å². The Morgan fingerprint density at radius 1 is 1.16 bits per heavy atom. The van der Waals surface area contributed by atoms with Crippen LogP contribution in [0.5, 0.6) is 5.75 Å². The summed E-state index contributed by atoms with van der Waals surface area (Å²) in [6.07, 6.45) is 2.29. The highest BCUT2D eigenvalue weighted by atomic mass is 16.6. The Kier molecular flexibility index (Phi) is 3.67. The number of fused-ring (bicyclic) bond motifs is 1. The molecule has 100 valence electrons. The van der Waals surface area contributed by atoms with Crippen LogP contribution < -0.4 is 0 Å². The lowest BCUT2D eigenvalue weighted by Gasteiger charge is -2.08. The van der Waals surface area contributed by atoms with E-state index in [0.29, 0.717) is 11.9 Å². The largest absolute Gasteiger partial charge is 0.507 e. The van der Waals surface area contributed by atoms with E-state index < -0.39 is 0 Å². The summed E-state index contributed by atoms with van der Waals surface area (Å²) in [5.41, 5.74) is 1.26. The van der Waals surface area contributed by atoms with Crippen LogP contribution in [0.4, 0.5) is 0 Å². The number of benzene rings is 2. The third-order valence-electron chi connectivity index (χ3n) is 3.43. The first-order valence-corrected chi connectivity index (χ1v) is 6.73. The molecule has 1 heterocycles. The van der Waals surface area contributed by atoms with E-state index in [1.165, 1.54) is 5.56 Å². The third-order valence-corrected chi connectivity index (χ3v) is 3.43. The molecule has 1 unspecified atom stereocenters. The Bertz CT molecular complexity index is 561. The molecule has 1 fully saturated rings. The summed E-state index contributed by atoms with van der Waals surface area (Å²) in [4.78, 5) is 0. The Morgan fingerprint density at radius 2 is 1.95 bits per heavy atom. The molecule has 0 aliphatic carbocycles. The summed E-state index contributed by atoms with van der Waals surface area (Å²) in [6, 6.07) is 11.7. The lowest BCUT2D eigenvalue weighted by Crippen LogP contribution is -2.03. The van der Waals surface area contributed by atoms with Gasteiger partial charge in [-0.2, -0.15) is 0 Å². The van der Waals surface area contributed by atoms with Crippen LogP contribution in [0, 0.1) is 0 Å². The minimum Gasteiger partial charge on any atom is -0.507 e. The molecule has 1 saturated heterocycles. The van der Waals surface area contributed by atoms with Crippen LogP contribution in [0.15, 0.2) is 36.4 Å². The smallest absolute Gasteiger partial charge is 0.123 e. The van der Waals surface area contributed by atoms with Gasteiger partial charge in [-0.05, 0) is 29.9 Å². The van der Waals surface area contributed by atoms with Gasteiger partial charge in [0.15, 0.2) is 0 Å². The quantitative estimate of drug-likeness (QED) is 0.640. The molecule has 2 aromatic carbocycles. The summed E-state index contributed by atoms with van der Waals surface area (Å²) in [6.45, 7) is 2.33. The van der Waals surface area contributed by atoms with Crippen molar-refractivity contribution in [3.8, 4) is 5.75 Å². The van der Waals surface area contributed by atoms with E-state index >= 15 is 0 Å². The molecule has 0 saturated carbocycles. The monoisotopic (exact) mass is 258 g/mol. The van der Waals surface area contributed by atoms with Crippen LogP contribution in [0.3, 0.4) is 0 Å². The lowest BCUT2D eigenvalue weighted by molar-refractivity contribution is 0.114. The van der Waals surface area contributed by atoms with Gasteiger partial charge >= 0.3 is 0 Å². The molecule has 0 amide bonds. The highest BCUT2D eigenvalue weighted by Gasteiger charge is 2.21. The van der Waals surface area contributed by atoms with E-state index in [2.05, 4.69) is 6.07 Å². The Labute approximate surface area is 112 Å². The molecule has 3 heteroatoms. The van der Waals surface area contributed by atoms with E-state index in [4.69, 9.17) is 9.47 Å². The summed E-state index contributed by atoms with van der Waals surface area (Å²) < 4.78 is 10.6. The average Bonchev–Trinajstić information content (AvgIpc) is 3.25. The van der Waals surface area contributed by atoms with Crippen molar-refractivity contribution in [2.75, 3.05) is 19.8 Å². The Balaban J connectivity index is 1.61.